The first-order valence-corrected chi connectivity index (χ1v) is 10.3. The van der Waals surface area contributed by atoms with Crippen LogP contribution in [0.4, 0.5) is 5.69 Å². The van der Waals surface area contributed by atoms with Crippen LogP contribution in [-0.2, 0) is 15.3 Å². The Labute approximate surface area is 164 Å². The molecule has 0 saturated carbocycles. The minimum atomic E-state index is -0.0765. The minimum absolute atomic E-state index is 0.0276. The van der Waals surface area contributed by atoms with Crippen molar-refractivity contribution in [1.82, 2.24) is 9.88 Å². The molecule has 1 aromatic carbocycles. The largest absolute Gasteiger partial charge is 0.342 e. The number of carbonyl (C=O) groups excluding carboxylic acids is 2. The molecular weight excluding hydrogens is 358 g/mol. The van der Waals surface area contributed by atoms with Crippen LogP contribution < -0.4 is 5.32 Å². The van der Waals surface area contributed by atoms with Gasteiger partial charge in [-0.2, -0.15) is 0 Å². The summed E-state index contributed by atoms with van der Waals surface area (Å²) in [4.78, 5) is 30.9. The molecule has 2 amide bonds. The molecule has 5 nitrogen and oxygen atoms in total. The number of pyridine rings is 1. The lowest BCUT2D eigenvalue weighted by atomic mass is 9.95. The van der Waals surface area contributed by atoms with Gasteiger partial charge in [-0.15, -0.1) is 11.8 Å². The number of carbonyl (C=O) groups is 2. The van der Waals surface area contributed by atoms with Crippen molar-refractivity contribution in [2.45, 2.75) is 30.8 Å². The number of thioether (sulfide) groups is 1. The highest BCUT2D eigenvalue weighted by Gasteiger charge is 2.29. The van der Waals surface area contributed by atoms with Crippen LogP contribution in [0.5, 0.6) is 0 Å². The van der Waals surface area contributed by atoms with Crippen LogP contribution in [0.1, 0.15) is 25.3 Å². The summed E-state index contributed by atoms with van der Waals surface area (Å²) in [6.45, 7) is 3.26. The Balaban J connectivity index is 1.43. The quantitative estimate of drug-likeness (QED) is 0.828. The third kappa shape index (κ3) is 5.57. The molecule has 0 bridgehead atoms. The molecule has 0 aliphatic carbocycles. The number of amides is 2. The number of hydrogen-bond acceptors (Lipinski definition) is 4. The molecule has 1 atom stereocenters. The molecule has 27 heavy (non-hydrogen) atoms. The van der Waals surface area contributed by atoms with Crippen LogP contribution in [0.2, 0.25) is 0 Å². The highest BCUT2D eigenvalue weighted by Crippen LogP contribution is 2.24. The molecular formula is C21H25N3O2S. The van der Waals surface area contributed by atoms with E-state index in [0.29, 0.717) is 25.9 Å². The van der Waals surface area contributed by atoms with Crippen LogP contribution in [0.3, 0.4) is 0 Å². The van der Waals surface area contributed by atoms with E-state index in [4.69, 9.17) is 0 Å². The maximum atomic E-state index is 12.7. The Bertz CT molecular complexity index is 747. The van der Waals surface area contributed by atoms with Gasteiger partial charge in [0.2, 0.25) is 11.8 Å². The van der Waals surface area contributed by atoms with E-state index in [1.54, 1.807) is 36.3 Å². The first-order chi connectivity index (χ1) is 13.1. The normalized spacial score (nSPS) is 16.0. The summed E-state index contributed by atoms with van der Waals surface area (Å²) in [6, 6.07) is 13.8. The fourth-order valence-electron chi connectivity index (χ4n) is 3.17. The van der Waals surface area contributed by atoms with Crippen molar-refractivity contribution in [2.24, 2.45) is 5.92 Å². The van der Waals surface area contributed by atoms with Crippen LogP contribution in [0.25, 0.3) is 0 Å². The molecule has 2 aromatic rings. The summed E-state index contributed by atoms with van der Waals surface area (Å²) in [5, 5.41) is 2.85. The Morgan fingerprint density at radius 2 is 1.81 bits per heavy atom. The second-order valence-corrected chi connectivity index (χ2v) is 8.09. The van der Waals surface area contributed by atoms with Crippen molar-refractivity contribution in [2.75, 3.05) is 18.4 Å². The summed E-state index contributed by atoms with van der Waals surface area (Å²) in [5.41, 5.74) is 1.99. The number of piperidine rings is 1. The van der Waals surface area contributed by atoms with Crippen LogP contribution in [0.15, 0.2) is 54.9 Å². The maximum Gasteiger partial charge on any atom is 0.235 e. The van der Waals surface area contributed by atoms with Gasteiger partial charge < -0.3 is 10.2 Å². The maximum absolute atomic E-state index is 12.7. The van der Waals surface area contributed by atoms with E-state index >= 15 is 0 Å². The summed E-state index contributed by atoms with van der Waals surface area (Å²) in [5.74, 6) is 0.983. The lowest BCUT2D eigenvalue weighted by Crippen LogP contribution is -2.44. The van der Waals surface area contributed by atoms with E-state index in [0.717, 1.165) is 11.4 Å². The van der Waals surface area contributed by atoms with Gasteiger partial charge >= 0.3 is 0 Å². The lowest BCUT2D eigenvalue weighted by molar-refractivity contribution is -0.133. The molecule has 3 rings (SSSR count). The molecule has 1 aliphatic rings. The van der Waals surface area contributed by atoms with Crippen molar-refractivity contribution < 1.29 is 9.59 Å². The van der Waals surface area contributed by atoms with Gasteiger partial charge in [0, 0.05) is 42.8 Å². The Kier molecular flexibility index (Phi) is 6.87. The molecule has 6 heteroatoms. The zero-order valence-electron chi connectivity index (χ0n) is 15.5. The minimum Gasteiger partial charge on any atom is -0.342 e. The smallest absolute Gasteiger partial charge is 0.235 e. The fourth-order valence-corrected chi connectivity index (χ4v) is 4.09. The van der Waals surface area contributed by atoms with Gasteiger partial charge in [0.15, 0.2) is 0 Å². The summed E-state index contributed by atoms with van der Waals surface area (Å²) >= 11 is 1.66. The van der Waals surface area contributed by atoms with Crippen LogP contribution >= 0.6 is 11.8 Å². The van der Waals surface area contributed by atoms with Gasteiger partial charge in [0.1, 0.15) is 0 Å². The number of rotatable bonds is 6. The topological polar surface area (TPSA) is 62.3 Å². The second-order valence-electron chi connectivity index (χ2n) is 6.76. The van der Waals surface area contributed by atoms with Crippen LogP contribution in [0, 0.1) is 5.92 Å². The highest BCUT2D eigenvalue weighted by atomic mass is 32.2. The molecule has 2 heterocycles. The van der Waals surface area contributed by atoms with Crippen molar-refractivity contribution in [3.05, 3.63) is 60.4 Å². The first-order valence-electron chi connectivity index (χ1n) is 9.28. The zero-order chi connectivity index (χ0) is 19.1. The first kappa shape index (κ1) is 19.4. The Morgan fingerprint density at radius 1 is 1.15 bits per heavy atom. The predicted octanol–water partition coefficient (Wildman–Crippen LogP) is 3.58. The van der Waals surface area contributed by atoms with Gasteiger partial charge in [0.05, 0.1) is 5.25 Å². The van der Waals surface area contributed by atoms with Crippen molar-refractivity contribution in [3.8, 4) is 0 Å². The molecule has 1 unspecified atom stereocenters. The highest BCUT2D eigenvalue weighted by molar-refractivity contribution is 7.99. The summed E-state index contributed by atoms with van der Waals surface area (Å²) < 4.78 is 0. The molecule has 1 fully saturated rings. The van der Waals surface area contributed by atoms with Gasteiger partial charge in [-0.25, -0.2) is 0 Å². The number of nitrogens with one attached hydrogen (secondary N) is 1. The molecule has 1 N–H and O–H groups in total. The lowest BCUT2D eigenvalue weighted by Gasteiger charge is -2.33. The molecule has 1 saturated heterocycles. The van der Waals surface area contributed by atoms with Gasteiger partial charge in [-0.3, -0.25) is 14.6 Å². The number of aromatic nitrogens is 1. The molecule has 1 aliphatic heterocycles. The van der Waals surface area contributed by atoms with Gasteiger partial charge in [-0.1, -0.05) is 30.3 Å². The van der Waals surface area contributed by atoms with Crippen molar-refractivity contribution >= 4 is 29.3 Å². The summed E-state index contributed by atoms with van der Waals surface area (Å²) in [6.07, 6.45) is 4.73. The molecule has 0 radical (unpaired) electrons. The van der Waals surface area contributed by atoms with E-state index in [2.05, 4.69) is 22.4 Å². The van der Waals surface area contributed by atoms with E-state index in [1.165, 1.54) is 5.56 Å². The fraction of sp³-hybridized carbons (Fsp3) is 0.381. The molecule has 142 valence electrons. The number of likely N-dealkylation sites (tertiary alicyclic amines) is 1. The standard InChI is InChI=1S/C21H25N3O2S/c1-16(27-15-17-5-3-2-4-6-17)21(26)24-13-9-18(10-14-24)20(25)23-19-7-11-22-12-8-19/h2-8,11-12,16,18H,9-10,13-15H2,1H3,(H,22,23,25). The van der Waals surface area contributed by atoms with Crippen molar-refractivity contribution in [3.63, 3.8) is 0 Å². The van der Waals surface area contributed by atoms with E-state index in [9.17, 15) is 9.59 Å². The molecule has 0 spiro atoms. The Morgan fingerprint density at radius 3 is 2.48 bits per heavy atom. The third-order valence-electron chi connectivity index (χ3n) is 4.82. The average Bonchev–Trinajstić information content (AvgIpc) is 2.73. The number of nitrogens with zero attached hydrogens (tertiary/aromatic N) is 2. The van der Waals surface area contributed by atoms with Gasteiger partial charge in [0.25, 0.3) is 0 Å². The van der Waals surface area contributed by atoms with Crippen molar-refractivity contribution in [1.29, 1.82) is 0 Å². The van der Waals surface area contributed by atoms with E-state index in [-0.39, 0.29) is 23.0 Å². The number of hydrogen-bond donors (Lipinski definition) is 1. The van der Waals surface area contributed by atoms with E-state index in [1.807, 2.05) is 30.0 Å². The van der Waals surface area contributed by atoms with Crippen LogP contribution in [-0.4, -0.2) is 40.0 Å². The monoisotopic (exact) mass is 383 g/mol. The average molecular weight is 384 g/mol. The third-order valence-corrected chi connectivity index (χ3v) is 6.02. The predicted molar refractivity (Wildman–Crippen MR) is 109 cm³/mol. The Hall–Kier alpha value is -2.34. The molecule has 1 aromatic heterocycles. The number of anilines is 1. The number of benzene rings is 1. The zero-order valence-corrected chi connectivity index (χ0v) is 16.3. The van der Waals surface area contributed by atoms with Gasteiger partial charge in [-0.05, 0) is 37.5 Å². The second kappa shape index (κ2) is 9.55. The van der Waals surface area contributed by atoms with E-state index < -0.39 is 0 Å². The summed E-state index contributed by atoms with van der Waals surface area (Å²) in [7, 11) is 0. The SMILES string of the molecule is CC(SCc1ccccc1)C(=O)N1CCC(C(=O)Nc2ccncc2)CC1.